The molecule has 2 aromatic heterocycles. The van der Waals surface area contributed by atoms with Crippen molar-refractivity contribution in [2.75, 3.05) is 20.1 Å². The number of pyridine rings is 1. The second-order valence-electron chi connectivity index (χ2n) is 7.36. The van der Waals surface area contributed by atoms with Crippen molar-refractivity contribution in [3.8, 4) is 5.69 Å². The first kappa shape index (κ1) is 17.9. The van der Waals surface area contributed by atoms with Crippen LogP contribution < -0.4 is 0 Å². The van der Waals surface area contributed by atoms with E-state index in [0.717, 1.165) is 31.9 Å². The van der Waals surface area contributed by atoms with Crippen LogP contribution >= 0.6 is 0 Å². The molecule has 1 fully saturated rings. The van der Waals surface area contributed by atoms with Crippen molar-refractivity contribution in [2.45, 2.75) is 32.0 Å². The van der Waals surface area contributed by atoms with E-state index < -0.39 is 0 Å². The summed E-state index contributed by atoms with van der Waals surface area (Å²) >= 11 is 0. The predicted octanol–water partition coefficient (Wildman–Crippen LogP) is 3.36. The zero-order valence-corrected chi connectivity index (χ0v) is 15.9. The number of aromatic nitrogens is 3. The Balaban J connectivity index is 1.57. The van der Waals surface area contributed by atoms with Crippen LogP contribution in [0.25, 0.3) is 5.69 Å². The van der Waals surface area contributed by atoms with Gasteiger partial charge in [0, 0.05) is 37.7 Å². The van der Waals surface area contributed by atoms with Crippen LogP contribution in [0.15, 0.2) is 67.1 Å². The van der Waals surface area contributed by atoms with E-state index in [1.807, 2.05) is 24.7 Å². The SMILES string of the molecule is CN1CCC(N(Cc2ccncc2)Cc2ccnn2-c2ccccc2)CC1. The molecule has 3 heterocycles. The lowest BCUT2D eigenvalue weighted by atomic mass is 10.0. The highest BCUT2D eigenvalue weighted by Gasteiger charge is 2.24. The van der Waals surface area contributed by atoms with Gasteiger partial charge in [-0.3, -0.25) is 9.88 Å². The molecule has 1 aliphatic heterocycles. The van der Waals surface area contributed by atoms with Gasteiger partial charge in [-0.05, 0) is 68.9 Å². The number of piperidine rings is 1. The van der Waals surface area contributed by atoms with Crippen molar-refractivity contribution in [1.82, 2.24) is 24.6 Å². The Labute approximate surface area is 161 Å². The summed E-state index contributed by atoms with van der Waals surface area (Å²) in [5, 5.41) is 4.58. The predicted molar refractivity (Wildman–Crippen MR) is 108 cm³/mol. The molecule has 0 saturated carbocycles. The number of para-hydroxylation sites is 1. The van der Waals surface area contributed by atoms with Gasteiger partial charge >= 0.3 is 0 Å². The summed E-state index contributed by atoms with van der Waals surface area (Å²) < 4.78 is 2.06. The first-order chi connectivity index (χ1) is 13.3. The first-order valence-corrected chi connectivity index (χ1v) is 9.69. The monoisotopic (exact) mass is 361 g/mol. The van der Waals surface area contributed by atoms with Gasteiger partial charge in [-0.2, -0.15) is 5.10 Å². The maximum Gasteiger partial charge on any atom is 0.0649 e. The van der Waals surface area contributed by atoms with Gasteiger partial charge in [0.15, 0.2) is 0 Å². The van der Waals surface area contributed by atoms with Gasteiger partial charge in [0.05, 0.1) is 11.4 Å². The second-order valence-corrected chi connectivity index (χ2v) is 7.36. The maximum atomic E-state index is 4.58. The summed E-state index contributed by atoms with van der Waals surface area (Å²) in [5.74, 6) is 0. The van der Waals surface area contributed by atoms with Crippen molar-refractivity contribution >= 4 is 0 Å². The van der Waals surface area contributed by atoms with Crippen LogP contribution in [0.2, 0.25) is 0 Å². The Hall–Kier alpha value is -2.50. The Morgan fingerprint density at radius 3 is 2.41 bits per heavy atom. The molecule has 1 saturated heterocycles. The van der Waals surface area contributed by atoms with Crippen LogP contribution in [0.5, 0.6) is 0 Å². The molecule has 3 aromatic rings. The van der Waals surface area contributed by atoms with Crippen molar-refractivity contribution in [3.05, 3.63) is 78.4 Å². The molecule has 5 heteroatoms. The molecule has 0 amide bonds. The Kier molecular flexibility index (Phi) is 5.61. The molecule has 4 rings (SSSR count). The lowest BCUT2D eigenvalue weighted by Crippen LogP contribution is -2.43. The van der Waals surface area contributed by atoms with Gasteiger partial charge in [-0.25, -0.2) is 4.68 Å². The number of rotatable bonds is 6. The highest BCUT2D eigenvalue weighted by Crippen LogP contribution is 2.22. The standard InChI is InChI=1S/C22H27N5/c1-25-15-10-20(11-16-25)26(17-19-7-12-23-13-8-19)18-22-9-14-24-27(22)21-5-3-2-4-6-21/h2-9,12-14,20H,10-11,15-18H2,1H3. The third kappa shape index (κ3) is 4.43. The average Bonchev–Trinajstić information content (AvgIpc) is 3.18. The van der Waals surface area contributed by atoms with Gasteiger partial charge in [0.1, 0.15) is 0 Å². The summed E-state index contributed by atoms with van der Waals surface area (Å²) in [6.07, 6.45) is 8.09. The van der Waals surface area contributed by atoms with Gasteiger partial charge in [-0.1, -0.05) is 18.2 Å². The zero-order valence-electron chi connectivity index (χ0n) is 15.9. The molecule has 27 heavy (non-hydrogen) atoms. The van der Waals surface area contributed by atoms with Crippen LogP contribution in [0.3, 0.4) is 0 Å². The molecule has 5 nitrogen and oxygen atoms in total. The molecule has 1 aliphatic rings. The molecule has 0 spiro atoms. The van der Waals surface area contributed by atoms with Crippen LogP contribution in [0.1, 0.15) is 24.1 Å². The lowest BCUT2D eigenvalue weighted by Gasteiger charge is -2.37. The molecule has 1 aromatic carbocycles. The van der Waals surface area contributed by atoms with E-state index in [0.29, 0.717) is 6.04 Å². The fourth-order valence-corrected chi connectivity index (χ4v) is 3.86. The van der Waals surface area contributed by atoms with Crippen molar-refractivity contribution in [2.24, 2.45) is 0 Å². The Morgan fingerprint density at radius 1 is 0.926 bits per heavy atom. The van der Waals surface area contributed by atoms with Gasteiger partial charge in [0.25, 0.3) is 0 Å². The molecule has 140 valence electrons. The lowest BCUT2D eigenvalue weighted by molar-refractivity contribution is 0.106. The molecule has 0 radical (unpaired) electrons. The summed E-state index contributed by atoms with van der Waals surface area (Å²) in [6.45, 7) is 4.16. The van der Waals surface area contributed by atoms with E-state index in [2.05, 4.69) is 74.1 Å². The minimum Gasteiger partial charge on any atom is -0.306 e. The smallest absolute Gasteiger partial charge is 0.0649 e. The minimum atomic E-state index is 0.591. The summed E-state index contributed by atoms with van der Waals surface area (Å²) in [7, 11) is 2.22. The Bertz CT molecular complexity index is 822. The van der Waals surface area contributed by atoms with Crippen LogP contribution in [0.4, 0.5) is 0 Å². The van der Waals surface area contributed by atoms with Crippen molar-refractivity contribution in [1.29, 1.82) is 0 Å². The first-order valence-electron chi connectivity index (χ1n) is 9.69. The van der Waals surface area contributed by atoms with E-state index >= 15 is 0 Å². The molecular weight excluding hydrogens is 334 g/mol. The van der Waals surface area contributed by atoms with Crippen LogP contribution in [0, 0.1) is 0 Å². The normalized spacial score (nSPS) is 16.1. The summed E-state index contributed by atoms with van der Waals surface area (Å²) in [6, 6.07) is 17.4. The van der Waals surface area contributed by atoms with E-state index in [9.17, 15) is 0 Å². The number of likely N-dealkylation sites (tertiary alicyclic amines) is 1. The molecule has 0 aliphatic carbocycles. The van der Waals surface area contributed by atoms with E-state index in [1.165, 1.54) is 24.1 Å². The molecule has 0 atom stereocenters. The summed E-state index contributed by atoms with van der Waals surface area (Å²) in [5.41, 5.74) is 3.66. The van der Waals surface area contributed by atoms with Crippen molar-refractivity contribution < 1.29 is 0 Å². The van der Waals surface area contributed by atoms with Gasteiger partial charge in [0.2, 0.25) is 0 Å². The number of benzene rings is 1. The minimum absolute atomic E-state index is 0.591. The second kappa shape index (κ2) is 8.46. The van der Waals surface area contributed by atoms with E-state index in [4.69, 9.17) is 0 Å². The topological polar surface area (TPSA) is 37.2 Å². The van der Waals surface area contributed by atoms with Gasteiger partial charge < -0.3 is 4.90 Å². The maximum absolute atomic E-state index is 4.58. The highest BCUT2D eigenvalue weighted by atomic mass is 15.3. The molecular formula is C22H27N5. The highest BCUT2D eigenvalue weighted by molar-refractivity contribution is 5.32. The molecule has 0 N–H and O–H groups in total. The molecule has 0 bridgehead atoms. The van der Waals surface area contributed by atoms with Gasteiger partial charge in [-0.15, -0.1) is 0 Å². The van der Waals surface area contributed by atoms with E-state index in [-0.39, 0.29) is 0 Å². The molecule has 0 unspecified atom stereocenters. The van der Waals surface area contributed by atoms with Crippen LogP contribution in [-0.2, 0) is 13.1 Å². The zero-order chi connectivity index (χ0) is 18.5. The third-order valence-corrected chi connectivity index (χ3v) is 5.43. The number of hydrogen-bond acceptors (Lipinski definition) is 4. The van der Waals surface area contributed by atoms with Crippen LogP contribution in [-0.4, -0.2) is 50.7 Å². The largest absolute Gasteiger partial charge is 0.306 e. The van der Waals surface area contributed by atoms with E-state index in [1.54, 1.807) is 0 Å². The quantitative estimate of drug-likeness (QED) is 0.675. The van der Waals surface area contributed by atoms with Crippen molar-refractivity contribution in [3.63, 3.8) is 0 Å². The number of nitrogens with zero attached hydrogens (tertiary/aromatic N) is 5. The fourth-order valence-electron chi connectivity index (χ4n) is 3.86. The third-order valence-electron chi connectivity index (χ3n) is 5.43. The fraction of sp³-hybridized carbons (Fsp3) is 0.364. The number of hydrogen-bond donors (Lipinski definition) is 0. The average molecular weight is 361 g/mol. The summed E-state index contributed by atoms with van der Waals surface area (Å²) in [4.78, 5) is 9.20. The Morgan fingerprint density at radius 2 is 1.67 bits per heavy atom.